The Bertz CT molecular complexity index is 453. The van der Waals surface area contributed by atoms with Gasteiger partial charge in [0.2, 0.25) is 0 Å². The Morgan fingerprint density at radius 1 is 1.47 bits per heavy atom. The minimum Gasteiger partial charge on any atom is -0.434 e. The summed E-state index contributed by atoms with van der Waals surface area (Å²) in [5.74, 6) is -0.515. The zero-order valence-corrected chi connectivity index (χ0v) is 10.3. The number of nitrogens with zero attached hydrogens (tertiary/aromatic N) is 1. The van der Waals surface area contributed by atoms with E-state index in [9.17, 15) is 18.7 Å². The number of rotatable bonds is 4. The number of halogens is 2. The van der Waals surface area contributed by atoms with Crippen molar-refractivity contribution in [2.75, 3.05) is 13.2 Å². The topological polar surface area (TPSA) is 49.8 Å². The first-order valence-electron chi connectivity index (χ1n) is 6.09. The number of para-hydroxylation sites is 1. The summed E-state index contributed by atoms with van der Waals surface area (Å²) < 4.78 is 28.9. The number of alkyl halides is 2. The number of benzene rings is 1. The van der Waals surface area contributed by atoms with E-state index in [1.807, 2.05) is 0 Å². The zero-order chi connectivity index (χ0) is 13.8. The van der Waals surface area contributed by atoms with Crippen molar-refractivity contribution in [1.82, 2.24) is 4.90 Å². The molecule has 1 unspecified atom stereocenters. The molecule has 2 rings (SSSR count). The number of hydrogen-bond donors (Lipinski definition) is 1. The van der Waals surface area contributed by atoms with E-state index >= 15 is 0 Å². The summed E-state index contributed by atoms with van der Waals surface area (Å²) in [4.78, 5) is 13.8. The number of likely N-dealkylation sites (tertiary alicyclic amines) is 1. The third-order valence-electron chi connectivity index (χ3n) is 3.18. The number of ether oxygens (including phenoxy) is 1. The van der Waals surface area contributed by atoms with Crippen molar-refractivity contribution in [3.63, 3.8) is 0 Å². The number of amides is 1. The molecule has 0 radical (unpaired) electrons. The Kier molecular flexibility index (Phi) is 4.31. The summed E-state index contributed by atoms with van der Waals surface area (Å²) in [5, 5.41) is 9.20. The SMILES string of the molecule is O=C(c1ccccc1OC(F)F)N1CCCC1CO. The van der Waals surface area contributed by atoms with Crippen LogP contribution in [0.15, 0.2) is 24.3 Å². The van der Waals surface area contributed by atoms with Crippen molar-refractivity contribution in [2.24, 2.45) is 0 Å². The molecule has 1 aromatic rings. The quantitative estimate of drug-likeness (QED) is 0.909. The van der Waals surface area contributed by atoms with E-state index in [4.69, 9.17) is 0 Å². The molecule has 1 aliphatic rings. The van der Waals surface area contributed by atoms with E-state index in [0.29, 0.717) is 6.54 Å². The van der Waals surface area contributed by atoms with E-state index in [-0.39, 0.29) is 29.9 Å². The number of aliphatic hydroxyl groups is 1. The summed E-state index contributed by atoms with van der Waals surface area (Å²) in [7, 11) is 0. The number of carbonyl (C=O) groups excluding carboxylic acids is 1. The molecule has 4 nitrogen and oxygen atoms in total. The third-order valence-corrected chi connectivity index (χ3v) is 3.18. The van der Waals surface area contributed by atoms with Gasteiger partial charge in [-0.1, -0.05) is 12.1 Å². The van der Waals surface area contributed by atoms with Gasteiger partial charge >= 0.3 is 6.61 Å². The van der Waals surface area contributed by atoms with Crippen LogP contribution >= 0.6 is 0 Å². The average Bonchev–Trinajstić information content (AvgIpc) is 2.86. The number of carbonyl (C=O) groups is 1. The monoisotopic (exact) mass is 271 g/mol. The van der Waals surface area contributed by atoms with Crippen LogP contribution in [-0.2, 0) is 0 Å². The van der Waals surface area contributed by atoms with E-state index in [0.717, 1.165) is 12.8 Å². The van der Waals surface area contributed by atoms with Crippen LogP contribution in [0.3, 0.4) is 0 Å². The van der Waals surface area contributed by atoms with Gasteiger partial charge in [-0.3, -0.25) is 4.79 Å². The van der Waals surface area contributed by atoms with Gasteiger partial charge in [-0.05, 0) is 25.0 Å². The molecule has 0 bridgehead atoms. The Labute approximate surface area is 109 Å². The lowest BCUT2D eigenvalue weighted by molar-refractivity contribution is -0.0503. The van der Waals surface area contributed by atoms with Crippen molar-refractivity contribution in [2.45, 2.75) is 25.5 Å². The summed E-state index contributed by atoms with van der Waals surface area (Å²) >= 11 is 0. The van der Waals surface area contributed by atoms with E-state index in [1.54, 1.807) is 6.07 Å². The van der Waals surface area contributed by atoms with Crippen molar-refractivity contribution < 1.29 is 23.4 Å². The van der Waals surface area contributed by atoms with Gasteiger partial charge in [-0.25, -0.2) is 0 Å². The molecule has 1 aromatic carbocycles. The number of aliphatic hydroxyl groups excluding tert-OH is 1. The average molecular weight is 271 g/mol. The van der Waals surface area contributed by atoms with Crippen LogP contribution in [0.25, 0.3) is 0 Å². The fourth-order valence-electron chi connectivity index (χ4n) is 2.29. The van der Waals surface area contributed by atoms with Crippen molar-refractivity contribution >= 4 is 5.91 Å². The van der Waals surface area contributed by atoms with E-state index in [1.165, 1.54) is 23.1 Å². The highest BCUT2D eigenvalue weighted by Crippen LogP contribution is 2.25. The molecule has 1 aliphatic heterocycles. The fourth-order valence-corrected chi connectivity index (χ4v) is 2.29. The molecule has 0 saturated carbocycles. The maximum absolute atomic E-state index is 12.3. The standard InChI is InChI=1S/C13H15F2NO3/c14-13(15)19-11-6-2-1-5-10(11)12(18)16-7-3-4-9(16)8-17/h1-2,5-6,9,13,17H,3-4,7-8H2. The van der Waals surface area contributed by atoms with Gasteiger partial charge in [0.25, 0.3) is 5.91 Å². The van der Waals surface area contributed by atoms with Crippen LogP contribution in [0.2, 0.25) is 0 Å². The van der Waals surface area contributed by atoms with E-state index < -0.39 is 6.61 Å². The summed E-state index contributed by atoms with van der Waals surface area (Å²) in [5.41, 5.74) is 0.100. The Balaban J connectivity index is 2.23. The molecule has 1 atom stereocenters. The molecular weight excluding hydrogens is 256 g/mol. The maximum Gasteiger partial charge on any atom is 0.387 e. The minimum atomic E-state index is -2.97. The molecule has 1 heterocycles. The Hall–Kier alpha value is -1.69. The largest absolute Gasteiger partial charge is 0.434 e. The van der Waals surface area contributed by atoms with Crippen molar-refractivity contribution in [1.29, 1.82) is 0 Å². The Morgan fingerprint density at radius 2 is 2.21 bits per heavy atom. The first-order valence-corrected chi connectivity index (χ1v) is 6.09. The molecular formula is C13H15F2NO3. The van der Waals surface area contributed by atoms with Crippen LogP contribution < -0.4 is 4.74 Å². The predicted octanol–water partition coefficient (Wildman–Crippen LogP) is 1.88. The first kappa shape index (κ1) is 13.7. The summed E-state index contributed by atoms with van der Waals surface area (Å²) in [6.07, 6.45) is 1.52. The highest BCUT2D eigenvalue weighted by molar-refractivity contribution is 5.97. The van der Waals surface area contributed by atoms with Gasteiger partial charge < -0.3 is 14.7 Å². The summed E-state index contributed by atoms with van der Waals surface area (Å²) in [6.45, 7) is -2.57. The lowest BCUT2D eigenvalue weighted by Gasteiger charge is -2.24. The molecule has 6 heteroatoms. The second kappa shape index (κ2) is 5.97. The maximum atomic E-state index is 12.3. The van der Waals surface area contributed by atoms with Crippen LogP contribution in [0.5, 0.6) is 5.75 Å². The molecule has 1 saturated heterocycles. The molecule has 0 aliphatic carbocycles. The highest BCUT2D eigenvalue weighted by Gasteiger charge is 2.30. The first-order chi connectivity index (χ1) is 9.13. The fraction of sp³-hybridized carbons (Fsp3) is 0.462. The molecule has 1 amide bonds. The lowest BCUT2D eigenvalue weighted by atomic mass is 10.1. The van der Waals surface area contributed by atoms with Crippen LogP contribution in [0, 0.1) is 0 Å². The predicted molar refractivity (Wildman–Crippen MR) is 64.2 cm³/mol. The molecule has 1 N–H and O–H groups in total. The van der Waals surface area contributed by atoms with Gasteiger partial charge in [-0.15, -0.1) is 0 Å². The second-order valence-electron chi connectivity index (χ2n) is 4.35. The molecule has 104 valence electrons. The van der Waals surface area contributed by atoms with Crippen molar-refractivity contribution in [3.05, 3.63) is 29.8 Å². The van der Waals surface area contributed by atoms with Crippen molar-refractivity contribution in [3.8, 4) is 5.75 Å². The van der Waals surface area contributed by atoms with Crippen LogP contribution in [0.4, 0.5) is 8.78 Å². The third kappa shape index (κ3) is 3.01. The second-order valence-corrected chi connectivity index (χ2v) is 4.35. The Morgan fingerprint density at radius 3 is 2.89 bits per heavy atom. The van der Waals surface area contributed by atoms with Gasteiger partial charge in [0.15, 0.2) is 0 Å². The highest BCUT2D eigenvalue weighted by atomic mass is 19.3. The normalized spacial score (nSPS) is 18.9. The zero-order valence-electron chi connectivity index (χ0n) is 10.3. The van der Waals surface area contributed by atoms with Crippen LogP contribution in [0.1, 0.15) is 23.2 Å². The van der Waals surface area contributed by atoms with Crippen LogP contribution in [-0.4, -0.2) is 41.7 Å². The summed E-state index contributed by atoms with van der Waals surface area (Å²) in [6, 6.07) is 5.67. The van der Waals surface area contributed by atoms with E-state index in [2.05, 4.69) is 4.74 Å². The molecule has 0 aromatic heterocycles. The molecule has 0 spiro atoms. The molecule has 19 heavy (non-hydrogen) atoms. The smallest absolute Gasteiger partial charge is 0.387 e. The minimum absolute atomic E-state index is 0.100. The van der Waals surface area contributed by atoms with Gasteiger partial charge in [0.05, 0.1) is 18.2 Å². The van der Waals surface area contributed by atoms with Gasteiger partial charge in [0.1, 0.15) is 5.75 Å². The molecule has 1 fully saturated rings. The number of hydrogen-bond acceptors (Lipinski definition) is 3. The lowest BCUT2D eigenvalue weighted by Crippen LogP contribution is -2.37. The van der Waals surface area contributed by atoms with Gasteiger partial charge in [-0.2, -0.15) is 8.78 Å². The van der Waals surface area contributed by atoms with Gasteiger partial charge in [0, 0.05) is 6.54 Å².